The highest BCUT2D eigenvalue weighted by Crippen LogP contribution is 2.16. The van der Waals surface area contributed by atoms with E-state index in [0.29, 0.717) is 0 Å². The van der Waals surface area contributed by atoms with Crippen molar-refractivity contribution in [3.8, 4) is 0 Å². The van der Waals surface area contributed by atoms with Crippen molar-refractivity contribution in [2.24, 2.45) is 0 Å². The van der Waals surface area contributed by atoms with E-state index in [1.807, 2.05) is 0 Å². The minimum Gasteiger partial charge on any atom is -0.397 e. The van der Waals surface area contributed by atoms with Gasteiger partial charge in [-0.05, 0) is 6.92 Å². The van der Waals surface area contributed by atoms with Gasteiger partial charge in [-0.25, -0.2) is 9.37 Å². The first-order valence-corrected chi connectivity index (χ1v) is 3.69. The minimum absolute atomic E-state index is 0.0378. The molecule has 0 radical (unpaired) electrons. The topological polar surface area (TPSA) is 43.3 Å². The lowest BCUT2D eigenvalue weighted by molar-refractivity contribution is 0.559. The molecule has 0 aliphatic rings. The molecule has 0 unspecified atom stereocenters. The molecule has 2 rings (SSSR count). The maximum absolute atomic E-state index is 13.2. The molecule has 3 nitrogen and oxygen atoms in total. The van der Waals surface area contributed by atoms with Crippen LogP contribution in [0, 0.1) is 18.7 Å². The molecule has 68 valence electrons. The average Bonchev–Trinajstić information content (AvgIpc) is 2.32. The molecular formula is C8H7F2N3. The lowest BCUT2D eigenvalue weighted by atomic mass is 10.4. The van der Waals surface area contributed by atoms with Gasteiger partial charge in [-0.1, -0.05) is 0 Å². The Morgan fingerprint density at radius 3 is 2.85 bits per heavy atom. The van der Waals surface area contributed by atoms with Gasteiger partial charge in [0.05, 0.1) is 11.4 Å². The zero-order valence-electron chi connectivity index (χ0n) is 6.88. The van der Waals surface area contributed by atoms with Crippen LogP contribution in [-0.4, -0.2) is 9.38 Å². The number of imidazole rings is 1. The van der Waals surface area contributed by atoms with Crippen LogP contribution in [0.2, 0.25) is 0 Å². The molecule has 2 aromatic rings. The van der Waals surface area contributed by atoms with Crippen molar-refractivity contribution in [1.29, 1.82) is 0 Å². The van der Waals surface area contributed by atoms with E-state index in [-0.39, 0.29) is 17.0 Å². The van der Waals surface area contributed by atoms with Crippen LogP contribution in [0.1, 0.15) is 5.69 Å². The Bertz CT molecular complexity index is 476. The number of nitrogens with two attached hydrogens (primary N) is 1. The van der Waals surface area contributed by atoms with Gasteiger partial charge in [0, 0.05) is 12.3 Å². The van der Waals surface area contributed by atoms with Crippen LogP contribution in [-0.2, 0) is 0 Å². The van der Waals surface area contributed by atoms with Crippen LogP contribution >= 0.6 is 0 Å². The number of aryl methyl sites for hydroxylation is 1. The van der Waals surface area contributed by atoms with Crippen LogP contribution in [0.15, 0.2) is 12.3 Å². The molecule has 0 atom stereocenters. The number of anilines is 1. The van der Waals surface area contributed by atoms with Gasteiger partial charge in [0.1, 0.15) is 0 Å². The van der Waals surface area contributed by atoms with Gasteiger partial charge in [-0.2, -0.15) is 4.39 Å². The summed E-state index contributed by atoms with van der Waals surface area (Å²) < 4.78 is 27.3. The highest BCUT2D eigenvalue weighted by molar-refractivity contribution is 5.49. The van der Waals surface area contributed by atoms with Crippen molar-refractivity contribution < 1.29 is 8.78 Å². The lowest BCUT2D eigenvalue weighted by Gasteiger charge is -1.97. The number of pyridine rings is 1. The summed E-state index contributed by atoms with van der Waals surface area (Å²) in [6, 6.07) is 1.11. The van der Waals surface area contributed by atoms with E-state index in [9.17, 15) is 8.78 Å². The Kier molecular flexibility index (Phi) is 1.48. The van der Waals surface area contributed by atoms with Crippen molar-refractivity contribution in [2.75, 3.05) is 5.73 Å². The maximum atomic E-state index is 13.2. The van der Waals surface area contributed by atoms with E-state index in [0.717, 1.165) is 10.5 Å². The third-order valence-corrected chi connectivity index (χ3v) is 1.80. The summed E-state index contributed by atoms with van der Waals surface area (Å²) >= 11 is 0. The molecule has 0 bridgehead atoms. The number of hydrogen-bond donors (Lipinski definition) is 1. The summed E-state index contributed by atoms with van der Waals surface area (Å²) in [6.07, 6.45) is 1.30. The fourth-order valence-corrected chi connectivity index (χ4v) is 1.21. The highest BCUT2D eigenvalue weighted by Gasteiger charge is 2.11. The molecule has 2 N–H and O–H groups in total. The fourth-order valence-electron chi connectivity index (χ4n) is 1.21. The van der Waals surface area contributed by atoms with Crippen molar-refractivity contribution in [3.05, 3.63) is 29.7 Å². The Labute approximate surface area is 72.8 Å². The zero-order chi connectivity index (χ0) is 9.59. The van der Waals surface area contributed by atoms with Crippen LogP contribution in [0.4, 0.5) is 14.5 Å². The number of fused-ring (bicyclic) bond motifs is 1. The predicted octanol–water partition coefficient (Wildman–Crippen LogP) is 1.50. The van der Waals surface area contributed by atoms with E-state index < -0.39 is 11.8 Å². The monoisotopic (exact) mass is 183 g/mol. The smallest absolute Gasteiger partial charge is 0.221 e. The van der Waals surface area contributed by atoms with E-state index in [1.165, 1.54) is 13.1 Å². The molecule has 0 saturated carbocycles. The average molecular weight is 183 g/mol. The summed E-state index contributed by atoms with van der Waals surface area (Å²) in [7, 11) is 0. The van der Waals surface area contributed by atoms with E-state index in [2.05, 4.69) is 4.98 Å². The first-order valence-electron chi connectivity index (χ1n) is 3.69. The molecule has 5 heteroatoms. The van der Waals surface area contributed by atoms with Crippen LogP contribution < -0.4 is 5.73 Å². The highest BCUT2D eigenvalue weighted by atomic mass is 19.1. The van der Waals surface area contributed by atoms with Crippen molar-refractivity contribution >= 4 is 11.3 Å². The molecule has 0 aliphatic heterocycles. The third kappa shape index (κ3) is 1.04. The SMILES string of the molecule is Cc1nc2c(F)cc(N)cn2c1F. The molecule has 0 aliphatic carbocycles. The first-order chi connectivity index (χ1) is 6.09. The number of nitrogens with zero attached hydrogens (tertiary/aromatic N) is 2. The number of rotatable bonds is 0. The Hall–Kier alpha value is -1.65. The van der Waals surface area contributed by atoms with Gasteiger partial charge in [-0.3, -0.25) is 4.40 Å². The Balaban J connectivity index is 2.94. The van der Waals surface area contributed by atoms with Crippen LogP contribution in [0.5, 0.6) is 0 Å². The molecule has 0 fully saturated rings. The second-order valence-electron chi connectivity index (χ2n) is 2.80. The Morgan fingerprint density at radius 1 is 1.46 bits per heavy atom. The fraction of sp³-hybridized carbons (Fsp3) is 0.125. The summed E-state index contributed by atoms with van der Waals surface area (Å²) in [6.45, 7) is 1.47. The standard InChI is InChI=1S/C8H7F2N3/c1-4-7(10)13-3-5(11)2-6(9)8(13)12-4/h2-3H,11H2,1H3. The molecule has 0 saturated heterocycles. The van der Waals surface area contributed by atoms with Gasteiger partial charge in [0.2, 0.25) is 5.95 Å². The van der Waals surface area contributed by atoms with Gasteiger partial charge in [0.25, 0.3) is 0 Å². The van der Waals surface area contributed by atoms with Gasteiger partial charge >= 0.3 is 0 Å². The third-order valence-electron chi connectivity index (χ3n) is 1.80. The molecule has 0 spiro atoms. The van der Waals surface area contributed by atoms with Crippen molar-refractivity contribution in [2.45, 2.75) is 6.92 Å². The molecule has 2 aromatic heterocycles. The summed E-state index contributed by atoms with van der Waals surface area (Å²) in [4.78, 5) is 3.71. The second-order valence-corrected chi connectivity index (χ2v) is 2.80. The quantitative estimate of drug-likeness (QED) is 0.672. The minimum atomic E-state index is -0.619. The van der Waals surface area contributed by atoms with Crippen molar-refractivity contribution in [1.82, 2.24) is 9.38 Å². The maximum Gasteiger partial charge on any atom is 0.221 e. The van der Waals surface area contributed by atoms with Crippen molar-refractivity contribution in [3.63, 3.8) is 0 Å². The van der Waals surface area contributed by atoms with Crippen LogP contribution in [0.3, 0.4) is 0 Å². The number of aromatic nitrogens is 2. The van der Waals surface area contributed by atoms with E-state index >= 15 is 0 Å². The summed E-state index contributed by atoms with van der Waals surface area (Å²) in [5, 5.41) is 0. The lowest BCUT2D eigenvalue weighted by Crippen LogP contribution is -1.95. The second kappa shape index (κ2) is 2.42. The number of hydrogen-bond acceptors (Lipinski definition) is 2. The van der Waals surface area contributed by atoms with Crippen LogP contribution in [0.25, 0.3) is 5.65 Å². The summed E-state index contributed by atoms with van der Waals surface area (Å²) in [5.74, 6) is -1.20. The number of nitrogen functional groups attached to an aromatic ring is 1. The largest absolute Gasteiger partial charge is 0.397 e. The molecule has 0 amide bonds. The van der Waals surface area contributed by atoms with E-state index in [1.54, 1.807) is 0 Å². The predicted molar refractivity (Wildman–Crippen MR) is 44.3 cm³/mol. The first kappa shape index (κ1) is 7.97. The van der Waals surface area contributed by atoms with E-state index in [4.69, 9.17) is 5.73 Å². The molecule has 13 heavy (non-hydrogen) atoms. The molecule has 0 aromatic carbocycles. The van der Waals surface area contributed by atoms with Gasteiger partial charge in [-0.15, -0.1) is 0 Å². The summed E-state index contributed by atoms with van der Waals surface area (Å²) in [5.41, 5.74) is 5.63. The zero-order valence-corrected chi connectivity index (χ0v) is 6.88. The Morgan fingerprint density at radius 2 is 2.15 bits per heavy atom. The molecule has 2 heterocycles. The number of halogens is 2. The molecular weight excluding hydrogens is 176 g/mol. The van der Waals surface area contributed by atoms with Gasteiger partial charge < -0.3 is 5.73 Å². The normalized spacial score (nSPS) is 11.0. The van der Waals surface area contributed by atoms with Gasteiger partial charge in [0.15, 0.2) is 11.5 Å².